The summed E-state index contributed by atoms with van der Waals surface area (Å²) in [6, 6.07) is 0. The number of allylic oxidation sites excluding steroid dienone is 1. The van der Waals surface area contributed by atoms with Crippen LogP contribution in [0.3, 0.4) is 0 Å². The van der Waals surface area contributed by atoms with Gasteiger partial charge in [0.25, 0.3) is 0 Å². The summed E-state index contributed by atoms with van der Waals surface area (Å²) < 4.78 is 0. The molecule has 3 aliphatic rings. The van der Waals surface area contributed by atoms with E-state index in [9.17, 15) is 15.0 Å². The topological polar surface area (TPSA) is 57.5 Å². The Kier molecular flexibility index (Phi) is 4.25. The lowest BCUT2D eigenvalue weighted by Gasteiger charge is -2.62. The minimum Gasteiger partial charge on any atom is -0.396 e. The lowest BCUT2D eigenvalue weighted by molar-refractivity contribution is -0.176. The first-order valence-corrected chi connectivity index (χ1v) is 9.22. The number of hydrogen-bond acceptors (Lipinski definition) is 3. The lowest BCUT2D eigenvalue weighted by atomic mass is 9.42. The van der Waals surface area contributed by atoms with Crippen molar-refractivity contribution in [2.45, 2.75) is 58.8 Å². The first kappa shape index (κ1) is 17.2. The van der Waals surface area contributed by atoms with Crippen molar-refractivity contribution in [3.05, 3.63) is 12.7 Å². The maximum absolute atomic E-state index is 13.0. The number of fused-ring (bicyclic) bond motifs is 3. The molecular weight excluding hydrogens is 288 g/mol. The van der Waals surface area contributed by atoms with E-state index in [-0.39, 0.29) is 47.2 Å². The molecule has 0 spiro atoms. The van der Waals surface area contributed by atoms with Gasteiger partial charge in [0.15, 0.2) is 0 Å². The molecule has 3 saturated carbocycles. The molecule has 3 fully saturated rings. The monoisotopic (exact) mass is 320 g/mol. The zero-order chi connectivity index (χ0) is 16.9. The van der Waals surface area contributed by atoms with E-state index in [4.69, 9.17) is 0 Å². The summed E-state index contributed by atoms with van der Waals surface area (Å²) in [5.41, 5.74) is -0.340. The fourth-order valence-electron chi connectivity index (χ4n) is 6.25. The number of ketones is 1. The second-order valence-corrected chi connectivity index (χ2v) is 9.09. The zero-order valence-corrected chi connectivity index (χ0v) is 14.7. The third-order valence-corrected chi connectivity index (χ3v) is 7.83. The Balaban J connectivity index is 1.99. The van der Waals surface area contributed by atoms with Gasteiger partial charge in [-0.3, -0.25) is 4.79 Å². The number of aliphatic hydroxyl groups is 2. The molecule has 130 valence electrons. The fourth-order valence-corrected chi connectivity index (χ4v) is 6.25. The van der Waals surface area contributed by atoms with Crippen LogP contribution in [0.25, 0.3) is 0 Å². The molecule has 0 radical (unpaired) electrons. The van der Waals surface area contributed by atoms with Crippen LogP contribution in [0.2, 0.25) is 0 Å². The number of hydrogen-bond donors (Lipinski definition) is 2. The van der Waals surface area contributed by atoms with E-state index in [1.807, 2.05) is 6.08 Å². The van der Waals surface area contributed by atoms with Gasteiger partial charge >= 0.3 is 0 Å². The van der Waals surface area contributed by atoms with Crippen LogP contribution in [0, 0.1) is 34.0 Å². The van der Waals surface area contributed by atoms with E-state index in [0.29, 0.717) is 12.2 Å². The molecular formula is C20H32O3. The van der Waals surface area contributed by atoms with Gasteiger partial charge in [-0.05, 0) is 54.8 Å². The Morgan fingerprint density at radius 2 is 1.96 bits per heavy atom. The third kappa shape index (κ3) is 2.42. The van der Waals surface area contributed by atoms with Gasteiger partial charge in [-0.25, -0.2) is 0 Å². The SMILES string of the molecule is C=C[C@]1(C)CC[C@H]2[C@H](C1)C(=O)C[C@H]1[C@@](C)(CO)CCC[C@@]21CO. The van der Waals surface area contributed by atoms with Crippen molar-refractivity contribution in [1.82, 2.24) is 0 Å². The number of carbonyl (C=O) groups excluding carboxylic acids is 1. The largest absolute Gasteiger partial charge is 0.396 e. The molecule has 0 aliphatic heterocycles. The summed E-state index contributed by atoms with van der Waals surface area (Å²) in [7, 11) is 0. The van der Waals surface area contributed by atoms with E-state index < -0.39 is 0 Å². The Morgan fingerprint density at radius 3 is 2.57 bits per heavy atom. The fraction of sp³-hybridized carbons (Fsp3) is 0.850. The van der Waals surface area contributed by atoms with E-state index in [0.717, 1.165) is 38.5 Å². The molecule has 0 amide bonds. The van der Waals surface area contributed by atoms with Crippen LogP contribution in [-0.2, 0) is 4.79 Å². The Bertz CT molecular complexity index is 501. The smallest absolute Gasteiger partial charge is 0.136 e. The van der Waals surface area contributed by atoms with Crippen LogP contribution in [0.4, 0.5) is 0 Å². The second kappa shape index (κ2) is 5.70. The highest BCUT2D eigenvalue weighted by Gasteiger charge is 2.61. The van der Waals surface area contributed by atoms with Crippen LogP contribution in [0.15, 0.2) is 12.7 Å². The summed E-state index contributed by atoms with van der Waals surface area (Å²) in [6.07, 6.45) is 8.49. The van der Waals surface area contributed by atoms with Crippen molar-refractivity contribution in [3.8, 4) is 0 Å². The maximum atomic E-state index is 13.0. The standard InChI is InChI=1S/C20H32O3/c1-4-18(2)9-6-15-14(11-18)16(23)10-17-19(3,12-21)7-5-8-20(15,17)13-22/h4,14-15,17,21-22H,1,5-13H2,2-3H3/t14-,15-,17-,18+,19+,20+/m0/s1. The van der Waals surface area contributed by atoms with Gasteiger partial charge < -0.3 is 10.2 Å². The molecule has 2 N–H and O–H groups in total. The van der Waals surface area contributed by atoms with Crippen molar-refractivity contribution in [3.63, 3.8) is 0 Å². The molecule has 23 heavy (non-hydrogen) atoms. The van der Waals surface area contributed by atoms with Gasteiger partial charge in [-0.15, -0.1) is 6.58 Å². The molecule has 6 atom stereocenters. The van der Waals surface area contributed by atoms with Gasteiger partial charge in [0.05, 0.1) is 0 Å². The molecule has 0 unspecified atom stereocenters. The first-order valence-electron chi connectivity index (χ1n) is 9.22. The minimum absolute atomic E-state index is 0.0509. The highest BCUT2D eigenvalue weighted by molar-refractivity contribution is 5.83. The van der Waals surface area contributed by atoms with Crippen LogP contribution in [-0.4, -0.2) is 29.2 Å². The second-order valence-electron chi connectivity index (χ2n) is 9.09. The predicted molar refractivity (Wildman–Crippen MR) is 90.8 cm³/mol. The quantitative estimate of drug-likeness (QED) is 0.784. The van der Waals surface area contributed by atoms with Crippen molar-refractivity contribution in [1.29, 1.82) is 0 Å². The average molecular weight is 320 g/mol. The van der Waals surface area contributed by atoms with Crippen LogP contribution < -0.4 is 0 Å². The van der Waals surface area contributed by atoms with Crippen LogP contribution >= 0.6 is 0 Å². The molecule has 0 aromatic carbocycles. The molecule has 0 saturated heterocycles. The van der Waals surface area contributed by atoms with Crippen molar-refractivity contribution in [2.75, 3.05) is 13.2 Å². The van der Waals surface area contributed by atoms with Gasteiger partial charge in [0.2, 0.25) is 0 Å². The molecule has 0 aromatic rings. The summed E-state index contributed by atoms with van der Waals surface area (Å²) >= 11 is 0. The van der Waals surface area contributed by atoms with Gasteiger partial charge in [-0.2, -0.15) is 0 Å². The Labute approximate surface area is 140 Å². The molecule has 0 heterocycles. The van der Waals surface area contributed by atoms with E-state index >= 15 is 0 Å². The highest BCUT2D eigenvalue weighted by atomic mass is 16.3. The highest BCUT2D eigenvalue weighted by Crippen LogP contribution is 2.64. The Hall–Kier alpha value is -0.670. The summed E-state index contributed by atoms with van der Waals surface area (Å²) in [6.45, 7) is 8.58. The van der Waals surface area contributed by atoms with E-state index in [1.165, 1.54) is 0 Å². The number of carbonyl (C=O) groups is 1. The first-order chi connectivity index (χ1) is 10.8. The number of rotatable bonds is 3. The lowest BCUT2D eigenvalue weighted by Crippen LogP contribution is -2.60. The van der Waals surface area contributed by atoms with Gasteiger partial charge in [0, 0.05) is 31.0 Å². The molecule has 0 bridgehead atoms. The Morgan fingerprint density at radius 1 is 1.22 bits per heavy atom. The number of aliphatic hydroxyl groups excluding tert-OH is 2. The normalized spacial score (nSPS) is 50.1. The molecule has 3 rings (SSSR count). The third-order valence-electron chi connectivity index (χ3n) is 7.83. The van der Waals surface area contributed by atoms with Crippen LogP contribution in [0.1, 0.15) is 58.8 Å². The van der Waals surface area contributed by atoms with Crippen molar-refractivity contribution in [2.24, 2.45) is 34.0 Å². The average Bonchev–Trinajstić information content (AvgIpc) is 2.56. The minimum atomic E-state index is -0.221. The van der Waals surface area contributed by atoms with Gasteiger partial charge in [-0.1, -0.05) is 26.3 Å². The van der Waals surface area contributed by atoms with Crippen molar-refractivity contribution < 1.29 is 15.0 Å². The summed E-state index contributed by atoms with van der Waals surface area (Å²) in [4.78, 5) is 13.0. The number of Topliss-reactive ketones (excluding diaryl/α,β-unsaturated/α-hetero) is 1. The maximum Gasteiger partial charge on any atom is 0.136 e. The zero-order valence-electron chi connectivity index (χ0n) is 14.7. The molecule has 0 aromatic heterocycles. The molecule has 3 heteroatoms. The van der Waals surface area contributed by atoms with E-state index in [2.05, 4.69) is 20.4 Å². The van der Waals surface area contributed by atoms with Crippen molar-refractivity contribution >= 4 is 5.78 Å². The summed E-state index contributed by atoms with van der Waals surface area (Å²) in [5.74, 6) is 0.827. The van der Waals surface area contributed by atoms with Gasteiger partial charge in [0.1, 0.15) is 5.78 Å². The summed E-state index contributed by atoms with van der Waals surface area (Å²) in [5, 5.41) is 20.4. The van der Waals surface area contributed by atoms with E-state index in [1.54, 1.807) is 0 Å². The predicted octanol–water partition coefficient (Wildman–Crippen LogP) is 3.35. The molecule has 3 nitrogen and oxygen atoms in total. The van der Waals surface area contributed by atoms with Crippen LogP contribution in [0.5, 0.6) is 0 Å². The molecule has 3 aliphatic carbocycles.